The largest absolute Gasteiger partial charge is 0.352 e. The molecule has 1 aliphatic heterocycles. The Bertz CT molecular complexity index is 576. The first-order chi connectivity index (χ1) is 8.31. The van der Waals surface area contributed by atoms with E-state index in [1.807, 2.05) is 30.0 Å². The molecule has 0 radical (unpaired) electrons. The molecule has 0 amide bonds. The Morgan fingerprint density at radius 3 is 3.12 bits per heavy atom. The van der Waals surface area contributed by atoms with Crippen molar-refractivity contribution in [2.24, 2.45) is 0 Å². The molecule has 0 saturated heterocycles. The summed E-state index contributed by atoms with van der Waals surface area (Å²) in [5, 5.41) is 4.12. The van der Waals surface area contributed by atoms with E-state index >= 15 is 0 Å². The van der Waals surface area contributed by atoms with Crippen LogP contribution in [-0.2, 0) is 0 Å². The second-order valence-corrected chi connectivity index (χ2v) is 5.45. The summed E-state index contributed by atoms with van der Waals surface area (Å²) in [5.41, 5.74) is 2.13. The summed E-state index contributed by atoms with van der Waals surface area (Å²) in [6, 6.07) is 8.40. The van der Waals surface area contributed by atoms with Crippen LogP contribution in [0.2, 0.25) is 0 Å². The Hall–Kier alpha value is -1.07. The summed E-state index contributed by atoms with van der Waals surface area (Å²) >= 11 is 7.24. The molecule has 1 aromatic carbocycles. The Balaban J connectivity index is 2.07. The van der Waals surface area contributed by atoms with E-state index in [9.17, 15) is 0 Å². The zero-order valence-electron chi connectivity index (χ0n) is 9.51. The van der Waals surface area contributed by atoms with E-state index in [1.54, 1.807) is 0 Å². The van der Waals surface area contributed by atoms with E-state index in [0.29, 0.717) is 0 Å². The number of imidazole rings is 1. The number of benzene rings is 1. The summed E-state index contributed by atoms with van der Waals surface area (Å²) in [5.74, 6) is 2.17. The van der Waals surface area contributed by atoms with Gasteiger partial charge in [0, 0.05) is 0 Å². The lowest BCUT2D eigenvalue weighted by Crippen LogP contribution is -2.21. The summed E-state index contributed by atoms with van der Waals surface area (Å²) in [6.45, 7) is 0. The van der Waals surface area contributed by atoms with Crippen molar-refractivity contribution >= 4 is 40.1 Å². The van der Waals surface area contributed by atoms with Gasteiger partial charge in [0.25, 0.3) is 0 Å². The average molecular weight is 263 g/mol. The monoisotopic (exact) mass is 263 g/mol. The first-order valence-corrected chi connectivity index (χ1v) is 7.38. The van der Waals surface area contributed by atoms with Crippen molar-refractivity contribution in [2.75, 3.05) is 12.0 Å². The second-order valence-electron chi connectivity index (χ2n) is 4.08. The van der Waals surface area contributed by atoms with E-state index < -0.39 is 0 Å². The zero-order chi connectivity index (χ0) is 11.8. The van der Waals surface area contributed by atoms with Gasteiger partial charge in [-0.2, -0.15) is 11.8 Å². The van der Waals surface area contributed by atoms with Crippen molar-refractivity contribution in [3.05, 3.63) is 30.1 Å². The minimum Gasteiger partial charge on any atom is -0.352 e. The molecule has 0 saturated carbocycles. The van der Waals surface area contributed by atoms with Gasteiger partial charge in [-0.15, -0.1) is 0 Å². The van der Waals surface area contributed by atoms with Gasteiger partial charge in [0.2, 0.25) is 0 Å². The van der Waals surface area contributed by atoms with Gasteiger partial charge in [-0.3, -0.25) is 4.57 Å². The van der Waals surface area contributed by atoms with Gasteiger partial charge in [0.15, 0.2) is 5.11 Å². The molecule has 1 unspecified atom stereocenters. The van der Waals surface area contributed by atoms with Crippen LogP contribution in [0, 0.1) is 0 Å². The highest BCUT2D eigenvalue weighted by molar-refractivity contribution is 7.98. The number of thioether (sulfide) groups is 1. The van der Waals surface area contributed by atoms with Crippen LogP contribution >= 0.6 is 24.0 Å². The van der Waals surface area contributed by atoms with Crippen molar-refractivity contribution in [3.63, 3.8) is 0 Å². The Morgan fingerprint density at radius 2 is 2.29 bits per heavy atom. The van der Waals surface area contributed by atoms with Crippen molar-refractivity contribution in [2.45, 2.75) is 12.5 Å². The molecule has 0 bridgehead atoms. The van der Waals surface area contributed by atoms with E-state index in [2.05, 4.69) is 27.2 Å². The molecule has 3 nitrogen and oxygen atoms in total. The normalized spacial score (nSPS) is 18.4. The highest BCUT2D eigenvalue weighted by Gasteiger charge is 2.28. The van der Waals surface area contributed by atoms with Crippen LogP contribution in [-0.4, -0.2) is 26.7 Å². The molecular formula is C12H13N3S2. The maximum Gasteiger partial charge on any atom is 0.179 e. The molecule has 88 valence electrons. The molecule has 3 rings (SSSR count). The Morgan fingerprint density at radius 1 is 1.47 bits per heavy atom. The topological polar surface area (TPSA) is 29.9 Å². The van der Waals surface area contributed by atoms with Gasteiger partial charge in [-0.1, -0.05) is 12.1 Å². The number of nitrogens with zero attached hydrogens (tertiary/aromatic N) is 2. The maximum absolute atomic E-state index is 5.39. The van der Waals surface area contributed by atoms with Gasteiger partial charge in [-0.25, -0.2) is 4.98 Å². The first kappa shape index (κ1) is 11.0. The highest BCUT2D eigenvalue weighted by atomic mass is 32.2. The molecule has 17 heavy (non-hydrogen) atoms. The minimum atomic E-state index is 0.266. The van der Waals surface area contributed by atoms with Crippen LogP contribution in [0.1, 0.15) is 18.3 Å². The van der Waals surface area contributed by atoms with Gasteiger partial charge >= 0.3 is 0 Å². The molecular weight excluding hydrogens is 250 g/mol. The number of hydrogen-bond donors (Lipinski definition) is 1. The third kappa shape index (κ3) is 1.73. The van der Waals surface area contributed by atoms with Crippen molar-refractivity contribution in [1.82, 2.24) is 14.9 Å². The fourth-order valence-corrected chi connectivity index (χ4v) is 3.01. The smallest absolute Gasteiger partial charge is 0.179 e. The van der Waals surface area contributed by atoms with Gasteiger partial charge in [0.1, 0.15) is 5.82 Å². The van der Waals surface area contributed by atoms with Crippen LogP contribution in [0.5, 0.6) is 0 Å². The molecule has 0 fully saturated rings. The number of nitrogens with one attached hydrogen (secondary N) is 1. The van der Waals surface area contributed by atoms with E-state index in [1.165, 1.54) is 0 Å². The maximum atomic E-state index is 5.39. The SMILES string of the molecule is CSCCC1NC(=S)n2c1nc1ccccc12. The summed E-state index contributed by atoms with van der Waals surface area (Å²) in [7, 11) is 0. The molecule has 1 aliphatic rings. The Kier molecular flexibility index (Phi) is 2.80. The van der Waals surface area contributed by atoms with Crippen LogP contribution in [0.4, 0.5) is 0 Å². The number of para-hydroxylation sites is 2. The minimum absolute atomic E-state index is 0.266. The van der Waals surface area contributed by atoms with Crippen molar-refractivity contribution in [1.29, 1.82) is 0 Å². The predicted octanol–water partition coefficient (Wildman–Crippen LogP) is 2.57. The van der Waals surface area contributed by atoms with Crippen molar-refractivity contribution in [3.8, 4) is 0 Å². The molecule has 2 aromatic rings. The van der Waals surface area contributed by atoms with Gasteiger partial charge in [-0.05, 0) is 42.8 Å². The quantitative estimate of drug-likeness (QED) is 0.862. The lowest BCUT2D eigenvalue weighted by molar-refractivity contribution is 0.635. The van der Waals surface area contributed by atoms with Gasteiger partial charge in [0.05, 0.1) is 17.1 Å². The average Bonchev–Trinajstić information content (AvgIpc) is 2.85. The van der Waals surface area contributed by atoms with E-state index in [-0.39, 0.29) is 6.04 Å². The van der Waals surface area contributed by atoms with Crippen molar-refractivity contribution < 1.29 is 0 Å². The first-order valence-electron chi connectivity index (χ1n) is 5.58. The summed E-state index contributed by atoms with van der Waals surface area (Å²) < 4.78 is 2.07. The van der Waals surface area contributed by atoms with Crippen LogP contribution in [0.25, 0.3) is 11.0 Å². The molecule has 1 N–H and O–H groups in total. The number of fused-ring (bicyclic) bond motifs is 3. The molecule has 0 spiro atoms. The predicted molar refractivity (Wildman–Crippen MR) is 76.6 cm³/mol. The zero-order valence-corrected chi connectivity index (χ0v) is 11.1. The van der Waals surface area contributed by atoms with Crippen LogP contribution in [0.3, 0.4) is 0 Å². The lowest BCUT2D eigenvalue weighted by Gasteiger charge is -2.07. The number of hydrogen-bond acceptors (Lipinski definition) is 3. The fraction of sp³-hybridized carbons (Fsp3) is 0.333. The summed E-state index contributed by atoms with van der Waals surface area (Å²) in [6.07, 6.45) is 3.18. The molecule has 1 atom stereocenters. The highest BCUT2D eigenvalue weighted by Crippen LogP contribution is 2.28. The lowest BCUT2D eigenvalue weighted by atomic mass is 10.2. The fourth-order valence-electron chi connectivity index (χ4n) is 2.21. The molecule has 1 aromatic heterocycles. The van der Waals surface area contributed by atoms with Gasteiger partial charge < -0.3 is 5.32 Å². The standard InChI is InChI=1S/C12H13N3S2/c1-17-7-6-9-11-13-8-4-2-3-5-10(8)15(11)12(16)14-9/h2-5,9H,6-7H2,1H3,(H,14,16). The number of rotatable bonds is 3. The molecule has 0 aliphatic carbocycles. The van der Waals surface area contributed by atoms with Crippen LogP contribution < -0.4 is 5.32 Å². The van der Waals surface area contributed by atoms with E-state index in [0.717, 1.165) is 34.1 Å². The third-order valence-corrected chi connectivity index (χ3v) is 3.95. The van der Waals surface area contributed by atoms with Crippen LogP contribution in [0.15, 0.2) is 24.3 Å². The molecule has 2 heterocycles. The Labute approximate surface area is 110 Å². The number of aromatic nitrogens is 2. The molecule has 5 heteroatoms. The second kappa shape index (κ2) is 4.31. The number of thiocarbonyl (C=S) groups is 1. The summed E-state index contributed by atoms with van der Waals surface area (Å²) in [4.78, 5) is 4.68. The third-order valence-electron chi connectivity index (χ3n) is 3.01. The van der Waals surface area contributed by atoms with E-state index in [4.69, 9.17) is 12.2 Å².